The fourth-order valence-corrected chi connectivity index (χ4v) is 1.80. The lowest BCUT2D eigenvalue weighted by molar-refractivity contribution is 0.0655. The molecule has 0 aliphatic rings. The molecule has 2 rings (SSSR count). The van der Waals surface area contributed by atoms with Gasteiger partial charge < -0.3 is 14.3 Å². The molecule has 0 spiro atoms. The Morgan fingerprint density at radius 1 is 1.29 bits per heavy atom. The minimum Gasteiger partial charge on any atom is -0.483 e. The SMILES string of the molecule is CC(=O)c1ccc(OC(C)c2ccc(C(=O)O)o2)cc1F. The maximum Gasteiger partial charge on any atom is 0.371 e. The van der Waals surface area contributed by atoms with Crippen molar-refractivity contribution < 1.29 is 28.2 Å². The first-order valence-electron chi connectivity index (χ1n) is 6.18. The van der Waals surface area contributed by atoms with Crippen LogP contribution in [0.1, 0.15) is 46.6 Å². The molecule has 0 saturated carbocycles. The van der Waals surface area contributed by atoms with Crippen LogP contribution < -0.4 is 4.74 Å². The molecular formula is C15H13FO5. The number of rotatable bonds is 5. The Bertz CT molecular complexity index is 689. The van der Waals surface area contributed by atoms with Gasteiger partial charge in [-0.15, -0.1) is 0 Å². The van der Waals surface area contributed by atoms with Crippen molar-refractivity contribution in [2.75, 3.05) is 0 Å². The van der Waals surface area contributed by atoms with Crippen molar-refractivity contribution in [2.45, 2.75) is 20.0 Å². The second-order valence-corrected chi connectivity index (χ2v) is 4.47. The normalized spacial score (nSPS) is 12.0. The Morgan fingerprint density at radius 2 is 2.00 bits per heavy atom. The number of carbonyl (C=O) groups is 2. The zero-order valence-corrected chi connectivity index (χ0v) is 11.4. The predicted molar refractivity (Wildman–Crippen MR) is 71.1 cm³/mol. The molecule has 0 bridgehead atoms. The van der Waals surface area contributed by atoms with Crippen molar-refractivity contribution in [1.29, 1.82) is 0 Å². The Hall–Kier alpha value is -2.63. The zero-order chi connectivity index (χ0) is 15.6. The smallest absolute Gasteiger partial charge is 0.371 e. The summed E-state index contributed by atoms with van der Waals surface area (Å²) in [7, 11) is 0. The molecule has 5 nitrogen and oxygen atoms in total. The molecule has 1 aromatic carbocycles. The number of carboxylic acids is 1. The molecule has 0 fully saturated rings. The number of benzene rings is 1. The molecule has 2 aromatic rings. The van der Waals surface area contributed by atoms with Gasteiger partial charge in [-0.1, -0.05) is 0 Å². The second-order valence-electron chi connectivity index (χ2n) is 4.47. The van der Waals surface area contributed by atoms with Gasteiger partial charge in [0.1, 0.15) is 17.3 Å². The van der Waals surface area contributed by atoms with Crippen LogP contribution >= 0.6 is 0 Å². The quantitative estimate of drug-likeness (QED) is 0.854. The third kappa shape index (κ3) is 3.28. The second kappa shape index (κ2) is 5.78. The Kier molecular flexibility index (Phi) is 4.07. The van der Waals surface area contributed by atoms with Gasteiger partial charge in [0.05, 0.1) is 5.56 Å². The Balaban J connectivity index is 2.15. The Morgan fingerprint density at radius 3 is 2.52 bits per heavy atom. The number of hydrogen-bond donors (Lipinski definition) is 1. The molecule has 0 aliphatic heterocycles. The molecule has 110 valence electrons. The molecule has 0 saturated heterocycles. The number of aromatic carboxylic acids is 1. The number of furan rings is 1. The van der Waals surface area contributed by atoms with Crippen LogP contribution in [0.4, 0.5) is 4.39 Å². The monoisotopic (exact) mass is 292 g/mol. The van der Waals surface area contributed by atoms with Crippen molar-refractivity contribution in [3.63, 3.8) is 0 Å². The lowest BCUT2D eigenvalue weighted by Gasteiger charge is -2.13. The Labute approximate surface area is 120 Å². The van der Waals surface area contributed by atoms with Crippen LogP contribution in [0, 0.1) is 5.82 Å². The van der Waals surface area contributed by atoms with E-state index in [0.29, 0.717) is 5.76 Å². The van der Waals surface area contributed by atoms with Crippen molar-refractivity contribution in [3.8, 4) is 5.75 Å². The van der Waals surface area contributed by atoms with Gasteiger partial charge in [-0.2, -0.15) is 0 Å². The molecule has 0 amide bonds. The van der Waals surface area contributed by atoms with Crippen molar-refractivity contribution >= 4 is 11.8 Å². The summed E-state index contributed by atoms with van der Waals surface area (Å²) in [5.41, 5.74) is -0.0128. The molecule has 6 heteroatoms. The summed E-state index contributed by atoms with van der Waals surface area (Å²) < 4.78 is 24.2. The molecular weight excluding hydrogens is 279 g/mol. The fraction of sp³-hybridized carbons (Fsp3) is 0.200. The van der Waals surface area contributed by atoms with E-state index in [1.165, 1.54) is 31.2 Å². The number of Topliss-reactive ketones (excluding diaryl/α,β-unsaturated/α-hetero) is 1. The molecule has 0 radical (unpaired) electrons. The minimum absolute atomic E-state index is 0.0128. The van der Waals surface area contributed by atoms with Gasteiger partial charge in [-0.25, -0.2) is 9.18 Å². The highest BCUT2D eigenvalue weighted by Crippen LogP contribution is 2.25. The van der Waals surface area contributed by atoms with E-state index in [0.717, 1.165) is 6.07 Å². The van der Waals surface area contributed by atoms with Gasteiger partial charge in [0.15, 0.2) is 11.9 Å². The summed E-state index contributed by atoms with van der Waals surface area (Å²) in [6, 6.07) is 6.71. The van der Waals surface area contributed by atoms with Crippen molar-refractivity contribution in [1.82, 2.24) is 0 Å². The molecule has 1 aromatic heterocycles. The maximum absolute atomic E-state index is 13.7. The van der Waals surface area contributed by atoms with Crippen LogP contribution in [-0.2, 0) is 0 Å². The summed E-state index contributed by atoms with van der Waals surface area (Å²) in [6.07, 6.45) is -0.597. The summed E-state index contributed by atoms with van der Waals surface area (Å²) in [5.74, 6) is -1.88. The van der Waals surface area contributed by atoms with E-state index >= 15 is 0 Å². The molecule has 1 atom stereocenters. The molecule has 1 N–H and O–H groups in total. The largest absolute Gasteiger partial charge is 0.483 e. The molecule has 21 heavy (non-hydrogen) atoms. The summed E-state index contributed by atoms with van der Waals surface area (Å²) >= 11 is 0. The third-order valence-electron chi connectivity index (χ3n) is 2.87. The first-order chi connectivity index (χ1) is 9.88. The highest BCUT2D eigenvalue weighted by molar-refractivity contribution is 5.94. The van der Waals surface area contributed by atoms with Crippen LogP contribution in [0.15, 0.2) is 34.7 Å². The van der Waals surface area contributed by atoms with Gasteiger partial charge in [-0.3, -0.25) is 4.79 Å². The number of halogens is 1. The van der Waals surface area contributed by atoms with E-state index in [-0.39, 0.29) is 22.9 Å². The van der Waals surface area contributed by atoms with E-state index in [2.05, 4.69) is 0 Å². The van der Waals surface area contributed by atoms with Gasteiger partial charge in [0.2, 0.25) is 5.76 Å². The summed E-state index contributed by atoms with van der Waals surface area (Å²) in [6.45, 7) is 2.92. The van der Waals surface area contributed by atoms with E-state index < -0.39 is 17.9 Å². The molecule has 1 unspecified atom stereocenters. The van der Waals surface area contributed by atoms with Gasteiger partial charge in [-0.05, 0) is 38.1 Å². The number of ketones is 1. The van der Waals surface area contributed by atoms with Gasteiger partial charge >= 0.3 is 5.97 Å². The topological polar surface area (TPSA) is 76.7 Å². The van der Waals surface area contributed by atoms with E-state index in [1.807, 2.05) is 0 Å². The third-order valence-corrected chi connectivity index (χ3v) is 2.87. The number of ether oxygens (including phenoxy) is 1. The van der Waals surface area contributed by atoms with Gasteiger partial charge in [0, 0.05) is 6.07 Å². The fourth-order valence-electron chi connectivity index (χ4n) is 1.80. The maximum atomic E-state index is 13.7. The highest BCUT2D eigenvalue weighted by Gasteiger charge is 2.16. The zero-order valence-electron chi connectivity index (χ0n) is 11.4. The average Bonchev–Trinajstić information content (AvgIpc) is 2.88. The van der Waals surface area contributed by atoms with Crippen molar-refractivity contribution in [3.05, 3.63) is 53.2 Å². The summed E-state index contributed by atoms with van der Waals surface area (Å²) in [4.78, 5) is 21.9. The van der Waals surface area contributed by atoms with Crippen LogP contribution in [0.2, 0.25) is 0 Å². The highest BCUT2D eigenvalue weighted by atomic mass is 19.1. The van der Waals surface area contributed by atoms with Gasteiger partial charge in [0.25, 0.3) is 0 Å². The molecule has 0 aliphatic carbocycles. The van der Waals surface area contributed by atoms with Crippen molar-refractivity contribution in [2.24, 2.45) is 0 Å². The minimum atomic E-state index is -1.18. The van der Waals surface area contributed by atoms with Crippen LogP contribution in [0.25, 0.3) is 0 Å². The van der Waals surface area contributed by atoms with E-state index in [1.54, 1.807) is 6.92 Å². The standard InChI is InChI=1S/C15H13FO5/c1-8(17)11-4-3-10(7-12(11)16)20-9(2)13-5-6-14(21-13)15(18)19/h3-7,9H,1-2H3,(H,18,19). The molecule has 1 heterocycles. The van der Waals surface area contributed by atoms with Crippen LogP contribution in [0.3, 0.4) is 0 Å². The predicted octanol–water partition coefficient (Wildman–Crippen LogP) is 3.46. The van der Waals surface area contributed by atoms with Crippen LogP contribution in [-0.4, -0.2) is 16.9 Å². The first kappa shape index (κ1) is 14.8. The lowest BCUT2D eigenvalue weighted by atomic mass is 10.1. The average molecular weight is 292 g/mol. The number of hydrogen-bond acceptors (Lipinski definition) is 4. The summed E-state index contributed by atoms with van der Waals surface area (Å²) in [5, 5.41) is 8.77. The van der Waals surface area contributed by atoms with E-state index in [4.69, 9.17) is 14.3 Å². The first-order valence-corrected chi connectivity index (χ1v) is 6.18. The number of carboxylic acid groups (broad SMARTS) is 1. The lowest BCUT2D eigenvalue weighted by Crippen LogP contribution is -2.04. The van der Waals surface area contributed by atoms with Crippen LogP contribution in [0.5, 0.6) is 5.75 Å². The van der Waals surface area contributed by atoms with E-state index in [9.17, 15) is 14.0 Å². The number of carbonyl (C=O) groups excluding carboxylic acids is 1.